The van der Waals surface area contributed by atoms with E-state index in [0.717, 1.165) is 11.4 Å². The Morgan fingerprint density at radius 2 is 0.719 bits per heavy atom. The van der Waals surface area contributed by atoms with Gasteiger partial charge >= 0.3 is 0 Å². The molecule has 0 spiro atoms. The summed E-state index contributed by atoms with van der Waals surface area (Å²) in [7, 11) is 0. The Kier molecular flexibility index (Phi) is 7.96. The van der Waals surface area contributed by atoms with E-state index in [2.05, 4.69) is 234 Å². The van der Waals surface area contributed by atoms with E-state index in [-0.39, 0.29) is 6.71 Å². The SMILES string of the molecule is c1ccc(-c2ccc(N3c4ccccc4B4c5cc(-c6ccccc6)ccc5N(c5ccc(-c6ccccc6)c(-c6ccccc6)c5)c5cccc3c54)cc2)cc1. The maximum absolute atomic E-state index is 2.51. The molecule has 57 heavy (non-hydrogen) atoms. The molecule has 0 amide bonds. The van der Waals surface area contributed by atoms with Gasteiger partial charge in [0.2, 0.25) is 0 Å². The lowest BCUT2D eigenvalue weighted by Gasteiger charge is -2.44. The highest BCUT2D eigenvalue weighted by atomic mass is 15.2. The minimum absolute atomic E-state index is 0.0411. The van der Waals surface area contributed by atoms with Crippen LogP contribution >= 0.6 is 0 Å². The van der Waals surface area contributed by atoms with Gasteiger partial charge in [0, 0.05) is 34.1 Å². The minimum atomic E-state index is 0.0411. The quantitative estimate of drug-likeness (QED) is 0.158. The third-order valence-electron chi connectivity index (χ3n) is 11.7. The average Bonchev–Trinajstić information content (AvgIpc) is 3.30. The second-order valence-electron chi connectivity index (χ2n) is 14.9. The normalized spacial score (nSPS) is 12.5. The van der Waals surface area contributed by atoms with Gasteiger partial charge in [-0.2, -0.15) is 0 Å². The lowest BCUT2D eigenvalue weighted by atomic mass is 9.33. The van der Waals surface area contributed by atoms with Crippen LogP contribution in [0.2, 0.25) is 0 Å². The fraction of sp³-hybridized carbons (Fsp3) is 0. The molecule has 0 fully saturated rings. The van der Waals surface area contributed by atoms with E-state index in [1.807, 2.05) is 0 Å². The lowest BCUT2D eigenvalue weighted by Crippen LogP contribution is -2.61. The molecule has 0 aromatic heterocycles. The second kappa shape index (κ2) is 13.7. The van der Waals surface area contributed by atoms with Gasteiger partial charge in [-0.1, -0.05) is 176 Å². The molecule has 9 aromatic rings. The van der Waals surface area contributed by atoms with Crippen LogP contribution in [-0.2, 0) is 0 Å². The molecule has 0 bridgehead atoms. The van der Waals surface area contributed by atoms with E-state index in [1.54, 1.807) is 0 Å². The van der Waals surface area contributed by atoms with Crippen molar-refractivity contribution in [3.05, 3.63) is 224 Å². The molecule has 2 heterocycles. The highest BCUT2D eigenvalue weighted by molar-refractivity contribution is 7.00. The van der Waals surface area contributed by atoms with E-state index in [9.17, 15) is 0 Å². The van der Waals surface area contributed by atoms with E-state index in [0.29, 0.717) is 0 Å². The molecule has 2 aliphatic heterocycles. The number of benzene rings is 9. The zero-order valence-corrected chi connectivity index (χ0v) is 31.3. The standard InChI is InChI=1S/C54H37BN2/c1-5-16-38(17-6-1)40-28-31-44(32-29-40)56-50-25-14-13-24-48(50)55-49-36-43(39-18-7-2-8-19-39)30-35-51(49)57(53-27-15-26-52(56)54(53)55)45-33-34-46(41-20-9-3-10-21-41)47(37-45)42-22-11-4-12-23-42/h1-37H. The topological polar surface area (TPSA) is 6.48 Å². The highest BCUT2D eigenvalue weighted by Gasteiger charge is 2.43. The van der Waals surface area contributed by atoms with Gasteiger partial charge in [0.05, 0.1) is 0 Å². The fourth-order valence-corrected chi connectivity index (χ4v) is 9.09. The zero-order valence-electron chi connectivity index (χ0n) is 31.3. The van der Waals surface area contributed by atoms with Gasteiger partial charge in [-0.3, -0.25) is 0 Å². The Morgan fingerprint density at radius 3 is 1.37 bits per heavy atom. The van der Waals surface area contributed by atoms with E-state index < -0.39 is 0 Å². The smallest absolute Gasteiger partial charge is 0.252 e. The van der Waals surface area contributed by atoms with Gasteiger partial charge in [-0.15, -0.1) is 0 Å². The maximum Gasteiger partial charge on any atom is 0.252 e. The number of nitrogens with zero attached hydrogens (tertiary/aromatic N) is 2. The average molecular weight is 725 g/mol. The van der Waals surface area contributed by atoms with Crippen molar-refractivity contribution in [2.75, 3.05) is 9.80 Å². The number of fused-ring (bicyclic) bond motifs is 4. The molecule has 0 unspecified atom stereocenters. The second-order valence-corrected chi connectivity index (χ2v) is 14.9. The summed E-state index contributed by atoms with van der Waals surface area (Å²) in [6, 6.07) is 82.0. The summed E-state index contributed by atoms with van der Waals surface area (Å²) >= 11 is 0. The molecule has 2 aliphatic rings. The van der Waals surface area contributed by atoms with Crippen molar-refractivity contribution < 1.29 is 0 Å². The molecule has 11 rings (SSSR count). The minimum Gasteiger partial charge on any atom is -0.311 e. The molecule has 2 nitrogen and oxygen atoms in total. The van der Waals surface area contributed by atoms with Crippen molar-refractivity contribution in [3.8, 4) is 44.5 Å². The molecule has 0 atom stereocenters. The van der Waals surface area contributed by atoms with Crippen LogP contribution in [0.4, 0.5) is 34.1 Å². The predicted molar refractivity (Wildman–Crippen MR) is 242 cm³/mol. The summed E-state index contributed by atoms with van der Waals surface area (Å²) in [5, 5.41) is 0. The Morgan fingerprint density at radius 1 is 0.263 bits per heavy atom. The largest absolute Gasteiger partial charge is 0.311 e. The summed E-state index contributed by atoms with van der Waals surface area (Å²) in [5.74, 6) is 0. The molecule has 0 N–H and O–H groups in total. The Hall–Kier alpha value is -7.36. The predicted octanol–water partition coefficient (Wildman–Crippen LogP) is 12.4. The number of hydrogen-bond donors (Lipinski definition) is 0. The first-order valence-corrected chi connectivity index (χ1v) is 19.7. The monoisotopic (exact) mass is 724 g/mol. The summed E-state index contributed by atoms with van der Waals surface area (Å²) in [6.45, 7) is 0.0411. The molecular weight excluding hydrogens is 687 g/mol. The van der Waals surface area contributed by atoms with Crippen molar-refractivity contribution in [1.82, 2.24) is 0 Å². The Bertz CT molecular complexity index is 2890. The Labute approximate surface area is 334 Å². The number of rotatable bonds is 6. The van der Waals surface area contributed by atoms with Crippen LogP contribution in [-0.4, -0.2) is 6.71 Å². The van der Waals surface area contributed by atoms with E-state index >= 15 is 0 Å². The van der Waals surface area contributed by atoms with Crippen LogP contribution in [0.1, 0.15) is 0 Å². The van der Waals surface area contributed by atoms with Crippen LogP contribution < -0.4 is 26.2 Å². The van der Waals surface area contributed by atoms with Crippen LogP contribution in [0.15, 0.2) is 224 Å². The maximum atomic E-state index is 2.51. The molecule has 0 radical (unpaired) electrons. The van der Waals surface area contributed by atoms with Gasteiger partial charge in [-0.25, -0.2) is 0 Å². The molecule has 0 aliphatic carbocycles. The van der Waals surface area contributed by atoms with Gasteiger partial charge in [0.25, 0.3) is 6.71 Å². The lowest BCUT2D eigenvalue weighted by molar-refractivity contribution is 1.25. The van der Waals surface area contributed by atoms with Crippen molar-refractivity contribution >= 4 is 57.2 Å². The van der Waals surface area contributed by atoms with Gasteiger partial charge < -0.3 is 9.80 Å². The molecule has 266 valence electrons. The molecule has 0 saturated carbocycles. The summed E-state index contributed by atoms with van der Waals surface area (Å²) < 4.78 is 0. The third kappa shape index (κ3) is 5.59. The number of anilines is 6. The van der Waals surface area contributed by atoms with Gasteiger partial charge in [0.15, 0.2) is 0 Å². The third-order valence-corrected chi connectivity index (χ3v) is 11.7. The summed E-state index contributed by atoms with van der Waals surface area (Å²) in [5.41, 5.74) is 20.7. The van der Waals surface area contributed by atoms with Crippen molar-refractivity contribution in [1.29, 1.82) is 0 Å². The van der Waals surface area contributed by atoms with Crippen LogP contribution in [0.3, 0.4) is 0 Å². The molecular formula is C54H37BN2. The first-order valence-electron chi connectivity index (χ1n) is 19.7. The summed E-state index contributed by atoms with van der Waals surface area (Å²) in [4.78, 5) is 4.98. The van der Waals surface area contributed by atoms with Crippen molar-refractivity contribution in [3.63, 3.8) is 0 Å². The van der Waals surface area contributed by atoms with Gasteiger partial charge in [-0.05, 0) is 109 Å². The highest BCUT2D eigenvalue weighted by Crippen LogP contribution is 2.46. The number of hydrogen-bond acceptors (Lipinski definition) is 2. The van der Waals surface area contributed by atoms with Crippen molar-refractivity contribution in [2.45, 2.75) is 0 Å². The van der Waals surface area contributed by atoms with Crippen LogP contribution in [0.25, 0.3) is 44.5 Å². The van der Waals surface area contributed by atoms with E-state index in [1.165, 1.54) is 83.6 Å². The molecule has 9 aromatic carbocycles. The molecule has 3 heteroatoms. The van der Waals surface area contributed by atoms with Crippen LogP contribution in [0.5, 0.6) is 0 Å². The molecule has 0 saturated heterocycles. The zero-order chi connectivity index (χ0) is 37.7. The fourth-order valence-electron chi connectivity index (χ4n) is 9.09. The van der Waals surface area contributed by atoms with Crippen molar-refractivity contribution in [2.24, 2.45) is 0 Å². The number of para-hydroxylation sites is 1. The van der Waals surface area contributed by atoms with Gasteiger partial charge in [0.1, 0.15) is 0 Å². The summed E-state index contributed by atoms with van der Waals surface area (Å²) in [6.07, 6.45) is 0. The first-order chi connectivity index (χ1) is 28.3. The van der Waals surface area contributed by atoms with Crippen LogP contribution in [0, 0.1) is 0 Å². The Balaban J connectivity index is 1.15. The van der Waals surface area contributed by atoms with E-state index in [4.69, 9.17) is 0 Å². The first kappa shape index (κ1) is 33.0.